The third-order valence-electron chi connectivity index (χ3n) is 4.01. The number of nitrogens with zero attached hydrogens (tertiary/aromatic N) is 1. The van der Waals surface area contributed by atoms with Crippen LogP contribution in [0.25, 0.3) is 0 Å². The molecule has 1 aliphatic heterocycles. The van der Waals surface area contributed by atoms with Gasteiger partial charge in [0, 0.05) is 12.1 Å². The maximum atomic E-state index is 10.9. The highest BCUT2D eigenvalue weighted by molar-refractivity contribution is 5.50. The van der Waals surface area contributed by atoms with Gasteiger partial charge in [-0.2, -0.15) is 0 Å². The summed E-state index contributed by atoms with van der Waals surface area (Å²) < 4.78 is 0. The van der Waals surface area contributed by atoms with Gasteiger partial charge in [-0.25, -0.2) is 0 Å². The molecule has 0 bridgehead atoms. The van der Waals surface area contributed by atoms with Crippen LogP contribution in [0.3, 0.4) is 0 Å². The van der Waals surface area contributed by atoms with E-state index in [1.807, 2.05) is 4.90 Å². The summed E-state index contributed by atoms with van der Waals surface area (Å²) in [4.78, 5) is 12.9. The molecule has 3 unspecified atom stereocenters. The van der Waals surface area contributed by atoms with Gasteiger partial charge in [0.15, 0.2) is 0 Å². The molecule has 0 N–H and O–H groups in total. The minimum atomic E-state index is 0.432. The van der Waals surface area contributed by atoms with Crippen LogP contribution in [0.15, 0.2) is 24.3 Å². The van der Waals surface area contributed by atoms with E-state index < -0.39 is 0 Å². The molecular formula is C15H21NO. The lowest BCUT2D eigenvalue weighted by molar-refractivity contribution is -0.129. The maximum absolute atomic E-state index is 10.9. The predicted octanol–water partition coefficient (Wildman–Crippen LogP) is 3.11. The standard InChI is InChI=1S/C15H21NO/c1-11-6-4-5-7-15(11)12(2)8-14-9-13(3)16(14)10-17/h4-7,10,12-14H,8-9H2,1-3H3. The Labute approximate surface area is 104 Å². The molecule has 1 heterocycles. The lowest BCUT2D eigenvalue weighted by Gasteiger charge is -2.46. The molecule has 1 fully saturated rings. The number of likely N-dealkylation sites (tertiary alicyclic amines) is 1. The Morgan fingerprint density at radius 2 is 2.18 bits per heavy atom. The van der Waals surface area contributed by atoms with Crippen molar-refractivity contribution in [2.45, 2.75) is 51.6 Å². The van der Waals surface area contributed by atoms with Crippen LogP contribution >= 0.6 is 0 Å². The monoisotopic (exact) mass is 231 g/mol. The Morgan fingerprint density at radius 3 is 2.76 bits per heavy atom. The number of carbonyl (C=O) groups is 1. The molecule has 1 aromatic carbocycles. The largest absolute Gasteiger partial charge is 0.339 e. The van der Waals surface area contributed by atoms with E-state index >= 15 is 0 Å². The quantitative estimate of drug-likeness (QED) is 0.729. The van der Waals surface area contributed by atoms with Gasteiger partial charge in [0.05, 0.1) is 0 Å². The molecule has 1 saturated heterocycles. The third-order valence-corrected chi connectivity index (χ3v) is 4.01. The summed E-state index contributed by atoms with van der Waals surface area (Å²) >= 11 is 0. The summed E-state index contributed by atoms with van der Waals surface area (Å²) in [6, 6.07) is 9.41. The molecule has 2 heteroatoms. The van der Waals surface area contributed by atoms with Crippen molar-refractivity contribution < 1.29 is 4.79 Å². The topological polar surface area (TPSA) is 20.3 Å². The molecule has 92 valence electrons. The highest BCUT2D eigenvalue weighted by atomic mass is 16.1. The van der Waals surface area contributed by atoms with Gasteiger partial charge in [0.2, 0.25) is 6.41 Å². The van der Waals surface area contributed by atoms with Gasteiger partial charge in [0.1, 0.15) is 0 Å². The van der Waals surface area contributed by atoms with Crippen LogP contribution in [0.4, 0.5) is 0 Å². The zero-order valence-electron chi connectivity index (χ0n) is 10.9. The van der Waals surface area contributed by atoms with Gasteiger partial charge in [-0.05, 0) is 43.7 Å². The minimum Gasteiger partial charge on any atom is -0.339 e. The number of aryl methyl sites for hydroxylation is 1. The second kappa shape index (κ2) is 4.91. The van der Waals surface area contributed by atoms with Gasteiger partial charge in [-0.3, -0.25) is 4.79 Å². The highest BCUT2D eigenvalue weighted by Crippen LogP contribution is 2.33. The fraction of sp³-hybridized carbons (Fsp3) is 0.533. The van der Waals surface area contributed by atoms with E-state index in [0.29, 0.717) is 18.0 Å². The Balaban J connectivity index is 2.01. The van der Waals surface area contributed by atoms with Crippen LogP contribution in [0.2, 0.25) is 0 Å². The minimum absolute atomic E-state index is 0.432. The molecule has 0 aromatic heterocycles. The first-order valence-electron chi connectivity index (χ1n) is 6.41. The molecule has 1 amide bonds. The average Bonchev–Trinajstić information content (AvgIpc) is 2.29. The molecule has 0 spiro atoms. The fourth-order valence-electron chi connectivity index (χ4n) is 2.94. The van der Waals surface area contributed by atoms with Crippen molar-refractivity contribution in [2.75, 3.05) is 0 Å². The van der Waals surface area contributed by atoms with E-state index in [1.165, 1.54) is 11.1 Å². The van der Waals surface area contributed by atoms with Crippen LogP contribution in [-0.4, -0.2) is 23.4 Å². The summed E-state index contributed by atoms with van der Waals surface area (Å²) in [5.41, 5.74) is 2.77. The Bertz CT molecular complexity index is 402. The molecule has 1 aromatic rings. The zero-order chi connectivity index (χ0) is 12.4. The van der Waals surface area contributed by atoms with E-state index in [-0.39, 0.29) is 0 Å². The van der Waals surface area contributed by atoms with E-state index in [2.05, 4.69) is 45.0 Å². The number of rotatable bonds is 4. The van der Waals surface area contributed by atoms with Crippen LogP contribution in [-0.2, 0) is 4.79 Å². The molecule has 0 saturated carbocycles. The molecular weight excluding hydrogens is 210 g/mol. The summed E-state index contributed by atoms with van der Waals surface area (Å²) in [7, 11) is 0. The second-order valence-electron chi connectivity index (χ2n) is 5.28. The van der Waals surface area contributed by atoms with E-state index in [4.69, 9.17) is 0 Å². The summed E-state index contributed by atoms with van der Waals surface area (Å²) in [5, 5.41) is 0. The molecule has 17 heavy (non-hydrogen) atoms. The van der Waals surface area contributed by atoms with Crippen LogP contribution < -0.4 is 0 Å². The molecule has 0 radical (unpaired) electrons. The van der Waals surface area contributed by atoms with Crippen LogP contribution in [0.5, 0.6) is 0 Å². The second-order valence-corrected chi connectivity index (χ2v) is 5.28. The maximum Gasteiger partial charge on any atom is 0.210 e. The number of hydrogen-bond acceptors (Lipinski definition) is 1. The van der Waals surface area contributed by atoms with E-state index in [9.17, 15) is 4.79 Å². The van der Waals surface area contributed by atoms with Crippen molar-refractivity contribution in [3.63, 3.8) is 0 Å². The number of benzene rings is 1. The predicted molar refractivity (Wildman–Crippen MR) is 70.0 cm³/mol. The Morgan fingerprint density at radius 1 is 1.47 bits per heavy atom. The van der Waals surface area contributed by atoms with E-state index in [0.717, 1.165) is 19.3 Å². The first kappa shape index (κ1) is 12.2. The number of hydrogen-bond donors (Lipinski definition) is 0. The smallest absolute Gasteiger partial charge is 0.210 e. The highest BCUT2D eigenvalue weighted by Gasteiger charge is 2.34. The van der Waals surface area contributed by atoms with Crippen LogP contribution in [0.1, 0.15) is 43.7 Å². The number of amides is 1. The first-order chi connectivity index (χ1) is 8.13. The van der Waals surface area contributed by atoms with Crippen molar-refractivity contribution in [1.82, 2.24) is 4.90 Å². The van der Waals surface area contributed by atoms with Gasteiger partial charge >= 0.3 is 0 Å². The summed E-state index contributed by atoms with van der Waals surface area (Å²) in [6.45, 7) is 6.53. The Hall–Kier alpha value is -1.31. The third kappa shape index (κ3) is 2.36. The van der Waals surface area contributed by atoms with Gasteiger partial charge in [-0.15, -0.1) is 0 Å². The Kier molecular flexibility index (Phi) is 3.51. The number of carbonyl (C=O) groups excluding carboxylic acids is 1. The van der Waals surface area contributed by atoms with Gasteiger partial charge < -0.3 is 4.90 Å². The zero-order valence-corrected chi connectivity index (χ0v) is 10.9. The summed E-state index contributed by atoms with van der Waals surface area (Å²) in [6.07, 6.45) is 3.23. The van der Waals surface area contributed by atoms with Gasteiger partial charge in [0.25, 0.3) is 0 Å². The van der Waals surface area contributed by atoms with Crippen molar-refractivity contribution in [2.24, 2.45) is 0 Å². The molecule has 3 atom stereocenters. The van der Waals surface area contributed by atoms with Crippen molar-refractivity contribution >= 4 is 6.41 Å². The molecule has 2 nitrogen and oxygen atoms in total. The van der Waals surface area contributed by atoms with E-state index in [1.54, 1.807) is 0 Å². The molecule has 0 aliphatic carbocycles. The molecule has 2 rings (SSSR count). The lowest BCUT2D eigenvalue weighted by Crippen LogP contribution is -2.53. The molecule has 1 aliphatic rings. The van der Waals surface area contributed by atoms with Crippen molar-refractivity contribution in [3.05, 3.63) is 35.4 Å². The van der Waals surface area contributed by atoms with Crippen molar-refractivity contribution in [1.29, 1.82) is 0 Å². The van der Waals surface area contributed by atoms with Crippen LogP contribution in [0, 0.1) is 6.92 Å². The average molecular weight is 231 g/mol. The SMILES string of the molecule is Cc1ccccc1C(C)CC1CC(C)N1C=O. The normalized spacial score (nSPS) is 25.2. The fourth-order valence-corrected chi connectivity index (χ4v) is 2.94. The first-order valence-corrected chi connectivity index (χ1v) is 6.41. The van der Waals surface area contributed by atoms with Gasteiger partial charge in [-0.1, -0.05) is 31.2 Å². The van der Waals surface area contributed by atoms with Crippen molar-refractivity contribution in [3.8, 4) is 0 Å². The summed E-state index contributed by atoms with van der Waals surface area (Å²) in [5.74, 6) is 0.524. The lowest BCUT2D eigenvalue weighted by atomic mass is 9.84.